The lowest BCUT2D eigenvalue weighted by Gasteiger charge is -2.01. The Morgan fingerprint density at radius 1 is 1.12 bits per heavy atom. The Morgan fingerprint density at radius 3 is 2.72 bits per heavy atom. The third-order valence-electron chi connectivity index (χ3n) is 3.90. The van der Waals surface area contributed by atoms with Gasteiger partial charge < -0.3 is 13.5 Å². The van der Waals surface area contributed by atoms with Gasteiger partial charge in [0.25, 0.3) is 0 Å². The molecule has 6 nitrogen and oxygen atoms in total. The number of thioether (sulfide) groups is 1. The number of aromatic nitrogens is 4. The van der Waals surface area contributed by atoms with Gasteiger partial charge in [0.15, 0.2) is 16.7 Å². The quantitative estimate of drug-likeness (QED) is 0.498. The minimum atomic E-state index is 0.659. The van der Waals surface area contributed by atoms with Crippen LogP contribution in [0.3, 0.4) is 0 Å². The molecule has 0 fully saturated rings. The molecule has 4 rings (SSSR count). The Hall–Kier alpha value is -2.80. The van der Waals surface area contributed by atoms with Crippen molar-refractivity contribution in [3.8, 4) is 22.7 Å². The molecule has 0 aliphatic carbocycles. The lowest BCUT2D eigenvalue weighted by atomic mass is 10.2. The first kappa shape index (κ1) is 15.7. The highest BCUT2D eigenvalue weighted by Gasteiger charge is 2.15. The molecule has 0 radical (unpaired) electrons. The molecular formula is C18H16N4O2S. The lowest BCUT2D eigenvalue weighted by Crippen LogP contribution is -1.95. The van der Waals surface area contributed by atoms with E-state index in [4.69, 9.17) is 8.94 Å². The summed E-state index contributed by atoms with van der Waals surface area (Å²) in [7, 11) is 1.95. The summed E-state index contributed by atoms with van der Waals surface area (Å²) in [6.45, 7) is 1.91. The summed E-state index contributed by atoms with van der Waals surface area (Å²) in [6, 6.07) is 13.8. The molecule has 126 valence electrons. The number of furan rings is 1. The molecule has 0 aliphatic rings. The normalized spacial score (nSPS) is 11.1. The monoisotopic (exact) mass is 352 g/mol. The molecule has 25 heavy (non-hydrogen) atoms. The van der Waals surface area contributed by atoms with Gasteiger partial charge in [0.2, 0.25) is 0 Å². The highest BCUT2D eigenvalue weighted by molar-refractivity contribution is 7.98. The zero-order valence-electron chi connectivity index (χ0n) is 13.8. The fourth-order valence-electron chi connectivity index (χ4n) is 2.55. The maximum Gasteiger partial charge on any atom is 0.191 e. The van der Waals surface area contributed by atoms with E-state index in [9.17, 15) is 0 Å². The van der Waals surface area contributed by atoms with Crippen LogP contribution in [0.2, 0.25) is 0 Å². The van der Waals surface area contributed by atoms with Gasteiger partial charge >= 0.3 is 0 Å². The fourth-order valence-corrected chi connectivity index (χ4v) is 3.34. The van der Waals surface area contributed by atoms with Crippen LogP contribution in [-0.4, -0.2) is 19.9 Å². The van der Waals surface area contributed by atoms with Gasteiger partial charge in [0, 0.05) is 24.4 Å². The molecule has 1 aromatic carbocycles. The molecule has 0 atom stereocenters. The average molecular weight is 352 g/mol. The van der Waals surface area contributed by atoms with E-state index in [0.29, 0.717) is 5.75 Å². The second-order valence-corrected chi connectivity index (χ2v) is 6.54. The van der Waals surface area contributed by atoms with Gasteiger partial charge in [0.05, 0.1) is 17.5 Å². The van der Waals surface area contributed by atoms with E-state index in [1.807, 2.05) is 61.0 Å². The SMILES string of the molecule is Cc1occc1-c1nnc(SCc2cc(-c3ccccc3)on2)n1C. The van der Waals surface area contributed by atoms with E-state index in [1.165, 1.54) is 0 Å². The summed E-state index contributed by atoms with van der Waals surface area (Å²) in [5.41, 5.74) is 2.84. The van der Waals surface area contributed by atoms with Crippen LogP contribution < -0.4 is 0 Å². The summed E-state index contributed by atoms with van der Waals surface area (Å²) in [6.07, 6.45) is 1.66. The summed E-state index contributed by atoms with van der Waals surface area (Å²) in [5, 5.41) is 13.5. The van der Waals surface area contributed by atoms with Crippen molar-refractivity contribution >= 4 is 11.8 Å². The molecule has 7 heteroatoms. The molecule has 0 amide bonds. The van der Waals surface area contributed by atoms with E-state index in [1.54, 1.807) is 18.0 Å². The van der Waals surface area contributed by atoms with Gasteiger partial charge in [0.1, 0.15) is 5.76 Å². The van der Waals surface area contributed by atoms with Crippen LogP contribution in [0.1, 0.15) is 11.5 Å². The molecule has 0 saturated carbocycles. The van der Waals surface area contributed by atoms with E-state index in [-0.39, 0.29) is 0 Å². The number of rotatable bonds is 5. The molecule has 0 saturated heterocycles. The molecule has 0 bridgehead atoms. The van der Waals surface area contributed by atoms with Crippen LogP contribution in [0, 0.1) is 6.92 Å². The van der Waals surface area contributed by atoms with Crippen molar-refractivity contribution in [2.45, 2.75) is 17.8 Å². The van der Waals surface area contributed by atoms with Gasteiger partial charge in [-0.3, -0.25) is 0 Å². The molecule has 4 aromatic rings. The van der Waals surface area contributed by atoms with Crippen LogP contribution in [0.5, 0.6) is 0 Å². The molecule has 3 heterocycles. The summed E-state index contributed by atoms with van der Waals surface area (Å²) in [4.78, 5) is 0. The van der Waals surface area contributed by atoms with Crippen LogP contribution in [-0.2, 0) is 12.8 Å². The van der Waals surface area contributed by atoms with Crippen molar-refractivity contribution in [2.24, 2.45) is 7.05 Å². The second kappa shape index (κ2) is 6.60. The smallest absolute Gasteiger partial charge is 0.191 e. The number of nitrogens with zero attached hydrogens (tertiary/aromatic N) is 4. The number of hydrogen-bond donors (Lipinski definition) is 0. The largest absolute Gasteiger partial charge is 0.469 e. The van der Waals surface area contributed by atoms with E-state index >= 15 is 0 Å². The Kier molecular flexibility index (Phi) is 4.15. The molecule has 0 unspecified atom stereocenters. The van der Waals surface area contributed by atoms with Crippen LogP contribution in [0.25, 0.3) is 22.7 Å². The van der Waals surface area contributed by atoms with E-state index < -0.39 is 0 Å². The third-order valence-corrected chi connectivity index (χ3v) is 4.95. The van der Waals surface area contributed by atoms with Crippen molar-refractivity contribution in [2.75, 3.05) is 0 Å². The van der Waals surface area contributed by atoms with Gasteiger partial charge in [-0.2, -0.15) is 0 Å². The zero-order chi connectivity index (χ0) is 17.2. The highest BCUT2D eigenvalue weighted by Crippen LogP contribution is 2.28. The van der Waals surface area contributed by atoms with Crippen molar-refractivity contribution < 1.29 is 8.94 Å². The predicted octanol–water partition coefficient (Wildman–Crippen LogP) is 4.33. The summed E-state index contributed by atoms with van der Waals surface area (Å²) >= 11 is 1.57. The minimum Gasteiger partial charge on any atom is -0.469 e. The summed E-state index contributed by atoms with van der Waals surface area (Å²) in [5.74, 6) is 3.05. The number of benzene rings is 1. The number of hydrogen-bond acceptors (Lipinski definition) is 6. The first-order chi connectivity index (χ1) is 12.2. The number of aryl methyl sites for hydroxylation is 1. The van der Waals surface area contributed by atoms with Crippen LogP contribution >= 0.6 is 11.8 Å². The Bertz CT molecular complexity index is 988. The van der Waals surface area contributed by atoms with Crippen molar-refractivity contribution in [1.29, 1.82) is 0 Å². The van der Waals surface area contributed by atoms with E-state index in [0.717, 1.165) is 39.3 Å². The fraction of sp³-hybridized carbons (Fsp3) is 0.167. The van der Waals surface area contributed by atoms with Crippen molar-refractivity contribution in [3.63, 3.8) is 0 Å². The highest BCUT2D eigenvalue weighted by atomic mass is 32.2. The topological polar surface area (TPSA) is 69.9 Å². The van der Waals surface area contributed by atoms with E-state index in [2.05, 4.69) is 15.4 Å². The molecule has 3 aromatic heterocycles. The second-order valence-electron chi connectivity index (χ2n) is 5.59. The first-order valence-electron chi connectivity index (χ1n) is 7.80. The van der Waals surface area contributed by atoms with Gasteiger partial charge in [-0.1, -0.05) is 47.3 Å². The maximum atomic E-state index is 5.43. The zero-order valence-corrected chi connectivity index (χ0v) is 14.7. The predicted molar refractivity (Wildman–Crippen MR) is 94.9 cm³/mol. The Morgan fingerprint density at radius 2 is 1.96 bits per heavy atom. The van der Waals surface area contributed by atoms with Crippen LogP contribution in [0.4, 0.5) is 0 Å². The summed E-state index contributed by atoms with van der Waals surface area (Å²) < 4.78 is 12.7. The Labute approximate surface area is 148 Å². The average Bonchev–Trinajstić information content (AvgIpc) is 3.35. The molecular weight excluding hydrogens is 336 g/mol. The van der Waals surface area contributed by atoms with Gasteiger partial charge in [-0.15, -0.1) is 10.2 Å². The van der Waals surface area contributed by atoms with Crippen molar-refractivity contribution in [3.05, 3.63) is 60.2 Å². The van der Waals surface area contributed by atoms with Gasteiger partial charge in [-0.05, 0) is 13.0 Å². The standard InChI is InChI=1S/C18H16N4O2S/c1-12-15(8-9-23-12)17-19-20-18(22(17)2)25-11-14-10-16(24-21-14)13-6-4-3-5-7-13/h3-10H,11H2,1-2H3. The Balaban J connectivity index is 1.49. The minimum absolute atomic E-state index is 0.659. The van der Waals surface area contributed by atoms with Crippen molar-refractivity contribution in [1.82, 2.24) is 19.9 Å². The van der Waals surface area contributed by atoms with Crippen LogP contribution in [0.15, 0.2) is 62.8 Å². The molecule has 0 spiro atoms. The third kappa shape index (κ3) is 3.10. The lowest BCUT2D eigenvalue weighted by molar-refractivity contribution is 0.426. The maximum absolute atomic E-state index is 5.43. The van der Waals surface area contributed by atoms with Gasteiger partial charge in [-0.25, -0.2) is 0 Å². The first-order valence-corrected chi connectivity index (χ1v) is 8.78. The molecule has 0 N–H and O–H groups in total. The molecule has 0 aliphatic heterocycles.